The summed E-state index contributed by atoms with van der Waals surface area (Å²) in [6.45, 7) is 0. The third-order valence-electron chi connectivity index (χ3n) is 10.6. The molecule has 0 saturated heterocycles. The molecule has 1 aliphatic rings. The van der Waals surface area contributed by atoms with Gasteiger partial charge in [-0.15, -0.1) is 0 Å². The van der Waals surface area contributed by atoms with Crippen LogP contribution in [0.1, 0.15) is 0 Å². The molecule has 1 aliphatic heterocycles. The molecular formula is C48H29NS. The molecule has 0 saturated carbocycles. The first-order valence-corrected chi connectivity index (χ1v) is 18.0. The van der Waals surface area contributed by atoms with Crippen molar-refractivity contribution in [1.82, 2.24) is 4.57 Å². The Hall–Kier alpha value is -6.09. The molecule has 1 aromatic heterocycles. The molecule has 0 bridgehead atoms. The Kier molecular flexibility index (Phi) is 5.96. The van der Waals surface area contributed by atoms with E-state index in [2.05, 4.69) is 180 Å². The van der Waals surface area contributed by atoms with Crippen molar-refractivity contribution < 1.29 is 0 Å². The van der Waals surface area contributed by atoms with E-state index in [1.165, 1.54) is 97.3 Å². The molecule has 0 radical (unpaired) electrons. The number of benzene rings is 9. The molecule has 10 aromatic rings. The smallest absolute Gasteiger partial charge is 0.0619 e. The van der Waals surface area contributed by atoms with Crippen LogP contribution in [-0.4, -0.2) is 4.57 Å². The second-order valence-electron chi connectivity index (χ2n) is 13.3. The van der Waals surface area contributed by atoms with E-state index in [-0.39, 0.29) is 0 Å². The second kappa shape index (κ2) is 10.7. The molecule has 2 heterocycles. The number of rotatable bonds is 3. The average molecular weight is 652 g/mol. The van der Waals surface area contributed by atoms with Crippen LogP contribution < -0.4 is 0 Å². The molecule has 0 N–H and O–H groups in total. The Labute approximate surface area is 294 Å². The summed E-state index contributed by atoms with van der Waals surface area (Å²) in [5.74, 6) is 0. The van der Waals surface area contributed by atoms with Crippen molar-refractivity contribution in [3.8, 4) is 39.1 Å². The molecule has 1 nitrogen and oxygen atoms in total. The molecule has 9 aromatic carbocycles. The normalized spacial score (nSPS) is 12.3. The number of nitrogens with zero attached hydrogens (tertiary/aromatic N) is 1. The topological polar surface area (TPSA) is 4.93 Å². The van der Waals surface area contributed by atoms with E-state index in [0.29, 0.717) is 0 Å². The van der Waals surface area contributed by atoms with Crippen molar-refractivity contribution in [3.63, 3.8) is 0 Å². The van der Waals surface area contributed by atoms with Gasteiger partial charge in [0.15, 0.2) is 0 Å². The van der Waals surface area contributed by atoms with Gasteiger partial charge in [-0.05, 0) is 91.3 Å². The largest absolute Gasteiger partial charge is 0.309 e. The van der Waals surface area contributed by atoms with Gasteiger partial charge in [0.2, 0.25) is 0 Å². The van der Waals surface area contributed by atoms with Gasteiger partial charge in [0.05, 0.1) is 11.0 Å². The van der Waals surface area contributed by atoms with E-state index >= 15 is 0 Å². The van der Waals surface area contributed by atoms with Crippen LogP contribution in [0.25, 0.3) is 93.2 Å². The maximum absolute atomic E-state index is 2.47. The minimum atomic E-state index is 1.16. The lowest BCUT2D eigenvalue weighted by molar-refractivity contribution is 1.19. The number of hydrogen-bond donors (Lipinski definition) is 0. The van der Waals surface area contributed by atoms with Crippen LogP contribution in [0.4, 0.5) is 0 Å². The Morgan fingerprint density at radius 1 is 0.360 bits per heavy atom. The lowest BCUT2D eigenvalue weighted by Gasteiger charge is -2.22. The predicted octanol–water partition coefficient (Wildman–Crippen LogP) is 13.7. The van der Waals surface area contributed by atoms with Crippen LogP contribution in [0.15, 0.2) is 186 Å². The maximum Gasteiger partial charge on any atom is 0.0619 e. The summed E-state index contributed by atoms with van der Waals surface area (Å²) in [6.07, 6.45) is 0. The predicted molar refractivity (Wildman–Crippen MR) is 214 cm³/mol. The van der Waals surface area contributed by atoms with Gasteiger partial charge < -0.3 is 4.57 Å². The van der Waals surface area contributed by atoms with E-state index in [0.717, 1.165) is 5.69 Å². The van der Waals surface area contributed by atoms with Gasteiger partial charge >= 0.3 is 0 Å². The fraction of sp³-hybridized carbons (Fsp3) is 0. The summed E-state index contributed by atoms with van der Waals surface area (Å²) in [6, 6.07) is 65.0. The van der Waals surface area contributed by atoms with Gasteiger partial charge in [0, 0.05) is 37.0 Å². The number of hydrogen-bond acceptors (Lipinski definition) is 1. The van der Waals surface area contributed by atoms with E-state index in [1.807, 2.05) is 11.8 Å². The van der Waals surface area contributed by atoms with Crippen molar-refractivity contribution in [1.29, 1.82) is 0 Å². The summed E-state index contributed by atoms with van der Waals surface area (Å²) in [5, 5.41) is 10.2. The van der Waals surface area contributed by atoms with Gasteiger partial charge in [-0.1, -0.05) is 151 Å². The highest BCUT2D eigenvalue weighted by Gasteiger charge is 2.22. The molecule has 0 fully saturated rings. The number of fused-ring (bicyclic) bond motifs is 8. The van der Waals surface area contributed by atoms with Crippen molar-refractivity contribution in [2.45, 2.75) is 9.79 Å². The van der Waals surface area contributed by atoms with Gasteiger partial charge in [-0.2, -0.15) is 0 Å². The zero-order chi connectivity index (χ0) is 32.8. The zero-order valence-electron chi connectivity index (χ0n) is 27.1. The van der Waals surface area contributed by atoms with Crippen LogP contribution >= 0.6 is 11.8 Å². The Balaban J connectivity index is 1.10. The number of aromatic nitrogens is 1. The standard InChI is InChI=1S/C48H29NS/c1-2-12-33-29-44-43(28-32(33)11-1)42-25-22-30-10-3-4-14-36(30)48(42)49(44)34-23-20-31(21-24-34)35-13-5-6-15-37(35)38-26-27-46-47-40(38)17-9-18-41(47)39-16-7-8-19-45(39)50-46/h1-29H. The first-order valence-electron chi connectivity index (χ1n) is 17.2. The van der Waals surface area contributed by atoms with Gasteiger partial charge in [0.25, 0.3) is 0 Å². The van der Waals surface area contributed by atoms with Gasteiger partial charge in [-0.3, -0.25) is 0 Å². The maximum atomic E-state index is 2.47. The van der Waals surface area contributed by atoms with Crippen molar-refractivity contribution in [2.24, 2.45) is 0 Å². The van der Waals surface area contributed by atoms with Crippen molar-refractivity contribution in [3.05, 3.63) is 176 Å². The Morgan fingerprint density at radius 3 is 1.90 bits per heavy atom. The molecule has 232 valence electrons. The minimum absolute atomic E-state index is 1.16. The van der Waals surface area contributed by atoms with Crippen molar-refractivity contribution in [2.75, 3.05) is 0 Å². The molecule has 50 heavy (non-hydrogen) atoms. The second-order valence-corrected chi connectivity index (χ2v) is 14.3. The summed E-state index contributed by atoms with van der Waals surface area (Å²) in [7, 11) is 0. The van der Waals surface area contributed by atoms with E-state index in [4.69, 9.17) is 0 Å². The van der Waals surface area contributed by atoms with Gasteiger partial charge in [-0.25, -0.2) is 0 Å². The summed E-state index contributed by atoms with van der Waals surface area (Å²) >= 11 is 1.88. The molecule has 0 spiro atoms. The monoisotopic (exact) mass is 651 g/mol. The lowest BCUT2D eigenvalue weighted by atomic mass is 9.89. The molecular weight excluding hydrogens is 623 g/mol. The SMILES string of the molecule is c1ccc2c(c1)Sc1ccc(-c3ccccc3-c3ccc(-n4c5cc6ccccc6cc5c5ccc6ccccc6c54)cc3)c3cccc-2c13. The molecule has 2 heteroatoms. The van der Waals surface area contributed by atoms with Crippen molar-refractivity contribution >= 4 is 65.9 Å². The first kappa shape index (κ1) is 27.8. The molecule has 0 aliphatic carbocycles. The van der Waals surface area contributed by atoms with Crippen LogP contribution in [-0.2, 0) is 0 Å². The molecule has 0 atom stereocenters. The molecule has 0 amide bonds. The van der Waals surface area contributed by atoms with E-state index < -0.39 is 0 Å². The molecule has 11 rings (SSSR count). The zero-order valence-corrected chi connectivity index (χ0v) is 27.9. The summed E-state index contributed by atoms with van der Waals surface area (Å²) in [4.78, 5) is 2.65. The fourth-order valence-electron chi connectivity index (χ4n) is 8.31. The highest BCUT2D eigenvalue weighted by atomic mass is 32.2. The highest BCUT2D eigenvalue weighted by molar-refractivity contribution is 7.99. The third-order valence-corrected chi connectivity index (χ3v) is 11.7. The quantitative estimate of drug-likeness (QED) is 0.184. The van der Waals surface area contributed by atoms with Crippen LogP contribution in [0, 0.1) is 0 Å². The summed E-state index contributed by atoms with van der Waals surface area (Å²) in [5.41, 5.74) is 11.3. The third kappa shape index (κ3) is 4.03. The van der Waals surface area contributed by atoms with Crippen LogP contribution in [0.2, 0.25) is 0 Å². The Morgan fingerprint density at radius 2 is 1.04 bits per heavy atom. The average Bonchev–Trinajstić information content (AvgIpc) is 3.51. The van der Waals surface area contributed by atoms with Gasteiger partial charge in [0.1, 0.15) is 0 Å². The van der Waals surface area contributed by atoms with E-state index in [1.54, 1.807) is 0 Å². The summed E-state index contributed by atoms with van der Waals surface area (Å²) < 4.78 is 2.47. The minimum Gasteiger partial charge on any atom is -0.309 e. The fourth-order valence-corrected chi connectivity index (χ4v) is 9.44. The van der Waals surface area contributed by atoms with Crippen LogP contribution in [0.3, 0.4) is 0 Å². The molecule has 0 unspecified atom stereocenters. The van der Waals surface area contributed by atoms with E-state index in [9.17, 15) is 0 Å². The Bertz CT molecular complexity index is 3000. The highest BCUT2D eigenvalue weighted by Crippen LogP contribution is 2.50. The van der Waals surface area contributed by atoms with Crippen LogP contribution in [0.5, 0.6) is 0 Å². The first-order chi connectivity index (χ1) is 24.8. The lowest BCUT2D eigenvalue weighted by Crippen LogP contribution is -1.96.